The molecule has 0 aliphatic heterocycles. The van der Waals surface area contributed by atoms with E-state index in [2.05, 4.69) is 18.7 Å². The summed E-state index contributed by atoms with van der Waals surface area (Å²) in [5.41, 5.74) is 0. The van der Waals surface area contributed by atoms with Crippen molar-refractivity contribution in [1.29, 1.82) is 0 Å². The van der Waals surface area contributed by atoms with Crippen molar-refractivity contribution in [1.82, 2.24) is 0 Å². The monoisotopic (exact) mass is 344 g/mol. The molecule has 0 aromatic rings. The predicted molar refractivity (Wildman–Crippen MR) is 31.9 cm³/mol. The van der Waals surface area contributed by atoms with E-state index in [-0.39, 0.29) is 31.1 Å². The van der Waals surface area contributed by atoms with E-state index in [1.54, 1.807) is 6.08 Å². The minimum atomic E-state index is 0. The molecule has 9 heavy (non-hydrogen) atoms. The van der Waals surface area contributed by atoms with Gasteiger partial charge < -0.3 is 16.9 Å². The normalized spacial score (nSPS) is 9.33. The van der Waals surface area contributed by atoms with Crippen LogP contribution >= 0.6 is 0 Å². The number of carbonyl (C=O) groups excluding carboxylic acids is 1. The van der Waals surface area contributed by atoms with Gasteiger partial charge in [-0.05, 0) is 0 Å². The molecule has 0 atom stereocenters. The first-order valence-corrected chi connectivity index (χ1v) is 2.13. The number of allylic oxidation sites excluding steroid dienone is 5. The smallest absolute Gasteiger partial charge is 0.330 e. The van der Waals surface area contributed by atoms with Crippen LogP contribution in [0, 0.1) is 43.3 Å². The molecule has 0 bridgehead atoms. The number of hydrogen-bond donors (Lipinski definition) is 0. The molecule has 1 nitrogen and oxygen atoms in total. The molecule has 0 aliphatic rings. The van der Waals surface area contributed by atoms with Gasteiger partial charge in [0.25, 0.3) is 0 Å². The summed E-state index contributed by atoms with van der Waals surface area (Å²) in [5.74, 6) is 0. The minimum Gasteiger partial charge on any atom is -0.330 e. The van der Waals surface area contributed by atoms with E-state index in [0.717, 1.165) is 0 Å². The van der Waals surface area contributed by atoms with Crippen molar-refractivity contribution < 1.29 is 35.9 Å². The Bertz CT molecular complexity index is 109. The van der Waals surface area contributed by atoms with Crippen LogP contribution in [0.25, 0.3) is 0 Å². The fraction of sp³-hybridized carbons (Fsp3) is 0. The maximum absolute atomic E-state index is 9.55. The van der Waals surface area contributed by atoms with Crippen LogP contribution in [0.2, 0.25) is 0 Å². The molecular weight excluding hydrogens is 338 g/mol. The Morgan fingerprint density at radius 2 is 1.78 bits per heavy atom. The van der Waals surface area contributed by atoms with Gasteiger partial charge in [0.2, 0.25) is 0 Å². The van der Waals surface area contributed by atoms with Crippen LogP contribution in [0.1, 0.15) is 0 Å². The van der Waals surface area contributed by atoms with E-state index in [4.69, 9.17) is 0 Å². The molecule has 0 saturated heterocycles. The van der Waals surface area contributed by atoms with Crippen molar-refractivity contribution in [3.8, 4) is 0 Å². The second-order valence-electron chi connectivity index (χ2n) is 0.989. The fourth-order valence-corrected chi connectivity index (χ4v) is 0.204. The summed E-state index contributed by atoms with van der Waals surface area (Å²) in [7, 11) is 0. The Morgan fingerprint density at radius 3 is 2.22 bits per heavy atom. The van der Waals surface area contributed by atoms with E-state index < -0.39 is 0 Å². The van der Waals surface area contributed by atoms with Gasteiger partial charge in [0, 0.05) is 6.29 Å². The van der Waals surface area contributed by atoms with Gasteiger partial charge in [-0.3, -0.25) is 12.2 Å². The van der Waals surface area contributed by atoms with Crippen LogP contribution in [-0.4, -0.2) is 6.29 Å². The summed E-state index contributed by atoms with van der Waals surface area (Å²) in [5, 5.41) is 0. The van der Waals surface area contributed by atoms with Crippen LogP contribution in [0.5, 0.6) is 0 Å². The molecule has 0 heterocycles. The zero-order valence-corrected chi connectivity index (χ0v) is 9.09. The van der Waals surface area contributed by atoms with Crippen molar-refractivity contribution in [3.05, 3.63) is 37.0 Å². The van der Waals surface area contributed by atoms with Gasteiger partial charge in [-0.2, -0.15) is 6.58 Å². The molecule has 0 rings (SSSR count). The van der Waals surface area contributed by atoms with Gasteiger partial charge in [-0.25, -0.2) is 6.08 Å². The Labute approximate surface area is 78.9 Å². The summed E-state index contributed by atoms with van der Waals surface area (Å²) in [6.45, 7) is 3.38. The number of rotatable bonds is 3. The molecule has 0 radical (unpaired) electrons. The third-order valence-electron chi connectivity index (χ3n) is 0.462. The third kappa shape index (κ3) is 11.5. The molecule has 0 spiro atoms. The molecule has 0 aromatic heterocycles. The summed E-state index contributed by atoms with van der Waals surface area (Å²) < 4.78 is 0. The minimum absolute atomic E-state index is 0. The standard InChI is InChI=1S/C7H6O.U/c1-2-3-4-5-6-7-8;/h2,4-5,7H,1H2;/q-2;+2. The molecule has 2 heteroatoms. The number of aldehydes is 1. The van der Waals surface area contributed by atoms with Crippen molar-refractivity contribution in [2.75, 3.05) is 0 Å². The molecule has 0 unspecified atom stereocenters. The third-order valence-corrected chi connectivity index (χ3v) is 0.462. The number of carbonyl (C=O) groups is 1. The van der Waals surface area contributed by atoms with Crippen molar-refractivity contribution >= 4 is 6.29 Å². The Morgan fingerprint density at radius 1 is 1.22 bits per heavy atom. The SMILES string of the molecule is C=C[C-]=CC=[C-]C=O.[U+2]. The Hall–Kier alpha value is -0.0581. The van der Waals surface area contributed by atoms with Gasteiger partial charge in [0.05, 0.1) is 0 Å². The van der Waals surface area contributed by atoms with Crippen molar-refractivity contribution in [2.24, 2.45) is 0 Å². The van der Waals surface area contributed by atoms with E-state index in [0.29, 0.717) is 6.29 Å². The average Bonchev–Trinajstić information content (AvgIpc) is 1.81. The first-order chi connectivity index (χ1) is 3.91. The average molecular weight is 344 g/mol. The summed E-state index contributed by atoms with van der Waals surface area (Å²) >= 11 is 0. The maximum atomic E-state index is 9.55. The topological polar surface area (TPSA) is 17.1 Å². The number of hydrogen-bond acceptors (Lipinski definition) is 1. The molecule has 0 aliphatic carbocycles. The first-order valence-electron chi connectivity index (χ1n) is 2.13. The summed E-state index contributed by atoms with van der Waals surface area (Å²) in [6.07, 6.45) is 10.1. The largest absolute Gasteiger partial charge is 2.00 e. The second-order valence-corrected chi connectivity index (χ2v) is 0.989. The van der Waals surface area contributed by atoms with Crippen LogP contribution in [-0.2, 0) is 4.79 Å². The molecule has 0 saturated carbocycles. The van der Waals surface area contributed by atoms with Crippen LogP contribution in [0.15, 0.2) is 24.8 Å². The van der Waals surface area contributed by atoms with E-state index in [1.807, 2.05) is 0 Å². The molecule has 0 aromatic carbocycles. The maximum Gasteiger partial charge on any atom is 2.00 e. The van der Waals surface area contributed by atoms with Gasteiger partial charge in [0.15, 0.2) is 0 Å². The summed E-state index contributed by atoms with van der Waals surface area (Å²) in [6, 6.07) is 0. The quantitative estimate of drug-likeness (QED) is 0.324. The Kier molecular flexibility index (Phi) is 14.1. The zero-order chi connectivity index (χ0) is 6.24. The Balaban J connectivity index is 0. The zero-order valence-electron chi connectivity index (χ0n) is 4.92. The van der Waals surface area contributed by atoms with Crippen LogP contribution in [0.4, 0.5) is 0 Å². The first kappa shape index (κ1) is 11.7. The van der Waals surface area contributed by atoms with Crippen molar-refractivity contribution in [3.63, 3.8) is 0 Å². The fourth-order valence-electron chi connectivity index (χ4n) is 0.204. The molecule has 0 N–H and O–H groups in total. The van der Waals surface area contributed by atoms with Gasteiger partial charge in [-0.15, -0.1) is 0 Å². The predicted octanol–water partition coefficient (Wildman–Crippen LogP) is 1.09. The molecule has 0 amide bonds. The van der Waals surface area contributed by atoms with Gasteiger partial charge in [0.1, 0.15) is 0 Å². The molecule has 44 valence electrons. The van der Waals surface area contributed by atoms with Gasteiger partial charge in [-0.1, -0.05) is 0 Å². The van der Waals surface area contributed by atoms with Gasteiger partial charge >= 0.3 is 31.1 Å². The molecule has 0 fully saturated rings. The van der Waals surface area contributed by atoms with Crippen molar-refractivity contribution in [2.45, 2.75) is 0 Å². The van der Waals surface area contributed by atoms with E-state index >= 15 is 0 Å². The second kappa shape index (κ2) is 10.8. The van der Waals surface area contributed by atoms with Crippen LogP contribution < -0.4 is 0 Å². The summed E-state index contributed by atoms with van der Waals surface area (Å²) in [4.78, 5) is 9.55. The van der Waals surface area contributed by atoms with E-state index in [1.165, 1.54) is 12.2 Å². The van der Waals surface area contributed by atoms with Crippen LogP contribution in [0.3, 0.4) is 0 Å². The van der Waals surface area contributed by atoms with E-state index in [9.17, 15) is 4.79 Å². The molecular formula is C7H6OU.